The van der Waals surface area contributed by atoms with Crippen LogP contribution in [0, 0.1) is 0 Å². The van der Waals surface area contributed by atoms with Crippen LogP contribution in [0.4, 0.5) is 19.1 Å². The number of fused-ring (bicyclic) bond motifs is 2. The highest BCUT2D eigenvalue weighted by molar-refractivity contribution is 7.00. The summed E-state index contributed by atoms with van der Waals surface area (Å²) >= 11 is 1.06. The number of aromatic nitrogens is 6. The first-order chi connectivity index (χ1) is 19.1. The first-order valence-electron chi connectivity index (χ1n) is 12.7. The van der Waals surface area contributed by atoms with Gasteiger partial charge in [-0.3, -0.25) is 18.5 Å². The first-order valence-corrected chi connectivity index (χ1v) is 13.4. The van der Waals surface area contributed by atoms with Gasteiger partial charge in [0.2, 0.25) is 5.95 Å². The number of imidazole rings is 1. The molecule has 0 unspecified atom stereocenters. The summed E-state index contributed by atoms with van der Waals surface area (Å²) in [5.74, 6) is 0.307. The lowest BCUT2D eigenvalue weighted by molar-refractivity contribution is -0.138. The fourth-order valence-corrected chi connectivity index (χ4v) is 5.81. The van der Waals surface area contributed by atoms with E-state index < -0.39 is 23.0 Å². The second-order valence-corrected chi connectivity index (χ2v) is 10.5. The van der Waals surface area contributed by atoms with Crippen molar-refractivity contribution in [1.82, 2.24) is 27.4 Å². The van der Waals surface area contributed by atoms with Crippen LogP contribution in [0.2, 0.25) is 0 Å². The van der Waals surface area contributed by atoms with Crippen LogP contribution in [-0.4, -0.2) is 46.6 Å². The lowest BCUT2D eigenvalue weighted by Gasteiger charge is -2.32. The Morgan fingerprint density at radius 2 is 1.82 bits per heavy atom. The average molecular weight is 571 g/mol. The summed E-state index contributed by atoms with van der Waals surface area (Å²) in [6, 6.07) is 10.4. The van der Waals surface area contributed by atoms with Gasteiger partial charge in [-0.25, -0.2) is 4.79 Å². The van der Waals surface area contributed by atoms with Gasteiger partial charge in [0.1, 0.15) is 11.0 Å². The monoisotopic (exact) mass is 570 g/mol. The van der Waals surface area contributed by atoms with Gasteiger partial charge in [0.25, 0.3) is 5.56 Å². The second kappa shape index (κ2) is 9.86. The predicted octanol–water partition coefficient (Wildman–Crippen LogP) is 2.94. The van der Waals surface area contributed by atoms with Gasteiger partial charge in [-0.2, -0.15) is 26.9 Å². The van der Waals surface area contributed by atoms with Crippen LogP contribution in [0.3, 0.4) is 0 Å². The highest BCUT2D eigenvalue weighted by Crippen LogP contribution is 2.33. The molecule has 4 heterocycles. The summed E-state index contributed by atoms with van der Waals surface area (Å²) in [5.41, 5.74) is 6.33. The third-order valence-electron chi connectivity index (χ3n) is 7.26. The summed E-state index contributed by atoms with van der Waals surface area (Å²) in [6.07, 6.45) is -3.02. The number of nitrogens with two attached hydrogens (primary N) is 1. The van der Waals surface area contributed by atoms with Crippen LogP contribution in [0.15, 0.2) is 52.1 Å². The van der Waals surface area contributed by atoms with E-state index in [1.54, 1.807) is 18.2 Å². The quantitative estimate of drug-likeness (QED) is 0.345. The molecule has 2 N–H and O–H groups in total. The molecule has 1 aliphatic heterocycles. The molecule has 1 aliphatic rings. The van der Waals surface area contributed by atoms with Gasteiger partial charge >= 0.3 is 11.9 Å². The van der Waals surface area contributed by atoms with Crippen LogP contribution in [0.25, 0.3) is 22.2 Å². The number of hydrogen-bond donors (Lipinski definition) is 1. The molecule has 0 saturated carbocycles. The maximum Gasteiger partial charge on any atom is 0.416 e. The van der Waals surface area contributed by atoms with Gasteiger partial charge in [0.05, 0.1) is 30.4 Å². The molecular formula is C26H25F3N8O2S. The standard InChI is InChI=1S/C26H25F3N8O2S/c1-34-22-21(23(38)37(25(34)39)12-15-8-9-19-20(11-15)33-40-32-19)36(24(31-22)35-10-4-6-17(30)14-35)13-16-5-2-3-7-18(16)26(27,28)29/h2-3,5,7-9,11,17H,4,6,10,12-14,30H2,1H3/t17-/m1/s1. The zero-order valence-corrected chi connectivity index (χ0v) is 22.2. The van der Waals surface area contributed by atoms with Gasteiger partial charge in [0.15, 0.2) is 11.2 Å². The number of rotatable bonds is 5. The number of alkyl halides is 3. The number of piperidine rings is 1. The molecule has 0 amide bonds. The number of aryl methyl sites for hydroxylation is 1. The van der Waals surface area contributed by atoms with E-state index in [4.69, 9.17) is 5.73 Å². The number of anilines is 1. The molecule has 40 heavy (non-hydrogen) atoms. The Hall–Kier alpha value is -4.04. The van der Waals surface area contributed by atoms with Gasteiger partial charge in [-0.1, -0.05) is 24.3 Å². The molecule has 0 spiro atoms. The molecule has 14 heteroatoms. The zero-order chi connectivity index (χ0) is 28.2. The van der Waals surface area contributed by atoms with Crippen molar-refractivity contribution in [2.24, 2.45) is 12.8 Å². The Morgan fingerprint density at radius 3 is 2.60 bits per heavy atom. The van der Waals surface area contributed by atoms with Gasteiger partial charge in [-0.05, 0) is 42.2 Å². The molecule has 2 aromatic carbocycles. The van der Waals surface area contributed by atoms with E-state index in [0.29, 0.717) is 35.6 Å². The van der Waals surface area contributed by atoms with Crippen LogP contribution in [-0.2, 0) is 26.3 Å². The van der Waals surface area contributed by atoms with Crippen molar-refractivity contribution in [2.45, 2.75) is 38.1 Å². The van der Waals surface area contributed by atoms with Crippen LogP contribution in [0.1, 0.15) is 29.5 Å². The molecule has 0 bridgehead atoms. The summed E-state index contributed by atoms with van der Waals surface area (Å²) in [7, 11) is 1.50. The Bertz CT molecular complexity index is 1860. The molecule has 1 fully saturated rings. The van der Waals surface area contributed by atoms with Gasteiger partial charge in [-0.15, -0.1) is 0 Å². The van der Waals surface area contributed by atoms with Gasteiger partial charge < -0.3 is 10.6 Å². The highest BCUT2D eigenvalue weighted by atomic mass is 32.1. The molecule has 1 atom stereocenters. The summed E-state index contributed by atoms with van der Waals surface area (Å²) < 4.78 is 54.0. The first kappa shape index (κ1) is 26.2. The molecule has 208 valence electrons. The lowest BCUT2D eigenvalue weighted by Crippen LogP contribution is -2.44. The molecule has 0 aliphatic carbocycles. The van der Waals surface area contributed by atoms with Crippen LogP contribution >= 0.6 is 11.7 Å². The lowest BCUT2D eigenvalue weighted by atomic mass is 10.1. The van der Waals surface area contributed by atoms with Crippen molar-refractivity contribution in [3.63, 3.8) is 0 Å². The summed E-state index contributed by atoms with van der Waals surface area (Å²) in [6.45, 7) is 0.677. The SMILES string of the molecule is Cn1c(=O)n(Cc2ccc3nsnc3c2)c(=O)c2c1nc(N1CCC[C@@H](N)C1)n2Cc1ccccc1C(F)(F)F. The summed E-state index contributed by atoms with van der Waals surface area (Å²) in [5, 5.41) is 0. The van der Waals surface area contributed by atoms with E-state index >= 15 is 0 Å². The fourth-order valence-electron chi connectivity index (χ4n) is 5.30. The maximum absolute atomic E-state index is 14.0. The molecule has 5 aromatic rings. The Labute approximate surface area is 229 Å². The molecular weight excluding hydrogens is 545 g/mol. The second-order valence-electron chi connectivity index (χ2n) is 9.99. The predicted molar refractivity (Wildman–Crippen MR) is 146 cm³/mol. The Balaban J connectivity index is 1.56. The van der Waals surface area contributed by atoms with Crippen molar-refractivity contribution in [3.05, 3.63) is 80.0 Å². The molecule has 3 aromatic heterocycles. The largest absolute Gasteiger partial charge is 0.416 e. The third kappa shape index (κ3) is 4.56. The van der Waals surface area contributed by atoms with E-state index in [0.717, 1.165) is 35.2 Å². The minimum absolute atomic E-state index is 0.0156. The third-order valence-corrected chi connectivity index (χ3v) is 7.82. The van der Waals surface area contributed by atoms with Crippen molar-refractivity contribution >= 4 is 39.9 Å². The topological polar surface area (TPSA) is 117 Å². The van der Waals surface area contributed by atoms with Crippen LogP contribution < -0.4 is 21.9 Å². The van der Waals surface area contributed by atoms with E-state index in [-0.39, 0.29) is 35.9 Å². The van der Waals surface area contributed by atoms with Crippen molar-refractivity contribution in [2.75, 3.05) is 18.0 Å². The van der Waals surface area contributed by atoms with Crippen molar-refractivity contribution < 1.29 is 13.2 Å². The number of halogens is 3. The molecule has 0 radical (unpaired) electrons. The Kier molecular flexibility index (Phi) is 6.45. The van der Waals surface area contributed by atoms with E-state index in [1.807, 2.05) is 4.90 Å². The van der Waals surface area contributed by atoms with E-state index in [9.17, 15) is 22.8 Å². The molecule has 6 rings (SSSR count). The van der Waals surface area contributed by atoms with Crippen molar-refractivity contribution in [1.29, 1.82) is 0 Å². The number of nitrogens with zero attached hydrogens (tertiary/aromatic N) is 7. The Morgan fingerprint density at radius 1 is 1.05 bits per heavy atom. The molecule has 10 nitrogen and oxygen atoms in total. The van der Waals surface area contributed by atoms with E-state index in [2.05, 4.69) is 13.7 Å². The average Bonchev–Trinajstić information content (AvgIpc) is 3.54. The zero-order valence-electron chi connectivity index (χ0n) is 21.4. The minimum atomic E-state index is -4.59. The van der Waals surface area contributed by atoms with Crippen LogP contribution in [0.5, 0.6) is 0 Å². The molecule has 1 saturated heterocycles. The fraction of sp³-hybridized carbons (Fsp3) is 0.346. The smallest absolute Gasteiger partial charge is 0.341 e. The normalized spacial score (nSPS) is 16.3. The highest BCUT2D eigenvalue weighted by Gasteiger charge is 2.34. The van der Waals surface area contributed by atoms with Gasteiger partial charge in [0, 0.05) is 26.2 Å². The maximum atomic E-state index is 14.0. The van der Waals surface area contributed by atoms with Crippen molar-refractivity contribution in [3.8, 4) is 0 Å². The van der Waals surface area contributed by atoms with E-state index in [1.165, 1.54) is 34.4 Å². The number of hydrogen-bond acceptors (Lipinski definition) is 8. The minimum Gasteiger partial charge on any atom is -0.341 e. The number of benzene rings is 2. The summed E-state index contributed by atoms with van der Waals surface area (Å²) in [4.78, 5) is 33.9.